The highest BCUT2D eigenvalue weighted by Crippen LogP contribution is 2.36. The van der Waals surface area contributed by atoms with Gasteiger partial charge in [-0.15, -0.1) is 0 Å². The molecular weight excluding hydrogens is 372 g/mol. The van der Waals surface area contributed by atoms with E-state index in [4.69, 9.17) is 21.1 Å². The zero-order valence-electron chi connectivity index (χ0n) is 13.9. The molecule has 0 atom stereocenters. The molecule has 1 aromatic heterocycles. The Kier molecular flexibility index (Phi) is 4.53. The number of ether oxygens (including phenoxy) is 2. The molecule has 7 heteroatoms. The van der Waals surface area contributed by atoms with Gasteiger partial charge in [-0.3, -0.25) is 4.79 Å². The molecule has 0 radical (unpaired) electrons. The summed E-state index contributed by atoms with van der Waals surface area (Å²) >= 11 is 7.55. The number of nitrogens with zero attached hydrogens (tertiary/aromatic N) is 2. The average Bonchev–Trinajstić information content (AvgIpc) is 3.21. The molecule has 0 fully saturated rings. The number of carbonyl (C=O) groups is 1. The maximum atomic E-state index is 12.3. The summed E-state index contributed by atoms with van der Waals surface area (Å²) in [6.07, 6.45) is 3.10. The van der Waals surface area contributed by atoms with Gasteiger partial charge < -0.3 is 14.0 Å². The van der Waals surface area contributed by atoms with Gasteiger partial charge in [-0.05, 0) is 24.6 Å². The first-order valence-corrected chi connectivity index (χ1v) is 9.29. The molecule has 5 nitrogen and oxygen atoms in total. The summed E-state index contributed by atoms with van der Waals surface area (Å²) in [4.78, 5) is 17.2. The molecule has 0 aliphatic carbocycles. The largest absolute Gasteiger partial charge is 0.454 e. The molecule has 0 saturated heterocycles. The minimum Gasteiger partial charge on any atom is -0.454 e. The second-order valence-corrected chi connectivity index (χ2v) is 7.02. The molecule has 1 amide bonds. The third kappa shape index (κ3) is 3.13. The van der Waals surface area contributed by atoms with E-state index in [2.05, 4.69) is 4.99 Å². The van der Waals surface area contributed by atoms with E-state index in [1.165, 1.54) is 17.4 Å². The number of thiazole rings is 1. The number of amides is 1. The third-order valence-corrected chi connectivity index (χ3v) is 5.40. The maximum absolute atomic E-state index is 12.3. The zero-order valence-corrected chi connectivity index (χ0v) is 15.5. The van der Waals surface area contributed by atoms with E-state index in [1.807, 2.05) is 41.8 Å². The summed E-state index contributed by atoms with van der Waals surface area (Å²) in [5.41, 5.74) is 1.76. The molecular formula is C19H15ClN2O3S. The van der Waals surface area contributed by atoms with Crippen molar-refractivity contribution in [1.82, 2.24) is 4.57 Å². The predicted octanol–water partition coefficient (Wildman–Crippen LogP) is 4.25. The lowest BCUT2D eigenvalue weighted by molar-refractivity contribution is -0.113. The Balaban J connectivity index is 1.71. The minimum absolute atomic E-state index is 0.237. The van der Waals surface area contributed by atoms with Crippen molar-refractivity contribution >= 4 is 45.1 Å². The SMILES string of the molecule is CCn1c(=NC(=O)/C=C/c2ccccc2Cl)sc2cc3c(cc21)OCO3. The standard InChI is InChI=1S/C19H15ClN2O3S/c1-2-22-14-9-15-16(25-11-24-15)10-17(14)26-19(22)21-18(23)8-7-12-5-3-4-6-13(12)20/h3-10H,2,11H2,1H3/b8-7+,21-19?. The minimum atomic E-state index is -0.335. The van der Waals surface area contributed by atoms with Crippen LogP contribution in [0.2, 0.25) is 5.02 Å². The van der Waals surface area contributed by atoms with E-state index >= 15 is 0 Å². The molecule has 1 aliphatic heterocycles. The lowest BCUT2D eigenvalue weighted by Crippen LogP contribution is -2.15. The van der Waals surface area contributed by atoms with Crippen LogP contribution in [0.3, 0.4) is 0 Å². The Labute approximate surface area is 158 Å². The second kappa shape index (κ2) is 6.97. The van der Waals surface area contributed by atoms with Crippen LogP contribution >= 0.6 is 22.9 Å². The summed E-state index contributed by atoms with van der Waals surface area (Å²) in [5.74, 6) is 1.10. The lowest BCUT2D eigenvalue weighted by Gasteiger charge is -2.01. The number of benzene rings is 2. The summed E-state index contributed by atoms with van der Waals surface area (Å²) in [7, 11) is 0. The molecule has 0 N–H and O–H groups in total. The van der Waals surface area contributed by atoms with Crippen molar-refractivity contribution in [3.05, 3.63) is 57.9 Å². The fraction of sp³-hybridized carbons (Fsp3) is 0.158. The number of hydrogen-bond donors (Lipinski definition) is 0. The Morgan fingerprint density at radius 3 is 2.85 bits per heavy atom. The molecule has 0 bridgehead atoms. The first-order chi connectivity index (χ1) is 12.7. The molecule has 0 unspecified atom stereocenters. The van der Waals surface area contributed by atoms with Crippen molar-refractivity contribution in [2.24, 2.45) is 4.99 Å². The summed E-state index contributed by atoms with van der Waals surface area (Å²) < 4.78 is 13.9. The molecule has 4 rings (SSSR count). The Morgan fingerprint density at radius 2 is 2.08 bits per heavy atom. The fourth-order valence-corrected chi connectivity index (χ4v) is 4.06. The highest BCUT2D eigenvalue weighted by molar-refractivity contribution is 7.16. The molecule has 2 aromatic carbocycles. The smallest absolute Gasteiger partial charge is 0.272 e. The van der Waals surface area contributed by atoms with E-state index in [-0.39, 0.29) is 12.7 Å². The molecule has 1 aliphatic rings. The van der Waals surface area contributed by atoms with Crippen molar-refractivity contribution in [3.8, 4) is 11.5 Å². The molecule has 0 saturated carbocycles. The normalized spacial score (nSPS) is 13.8. The number of aryl methyl sites for hydroxylation is 1. The van der Waals surface area contributed by atoms with Gasteiger partial charge in [-0.1, -0.05) is 41.1 Å². The number of carbonyl (C=O) groups excluding carboxylic acids is 1. The van der Waals surface area contributed by atoms with Gasteiger partial charge in [0.05, 0.1) is 10.2 Å². The summed E-state index contributed by atoms with van der Waals surface area (Å²) in [5, 5.41) is 0.594. The van der Waals surface area contributed by atoms with Crippen molar-refractivity contribution in [1.29, 1.82) is 0 Å². The average molecular weight is 387 g/mol. The van der Waals surface area contributed by atoms with Crippen LogP contribution in [0.4, 0.5) is 0 Å². The van der Waals surface area contributed by atoms with E-state index < -0.39 is 0 Å². The Morgan fingerprint density at radius 1 is 1.31 bits per heavy atom. The molecule has 3 aromatic rings. The molecule has 132 valence electrons. The van der Waals surface area contributed by atoms with E-state index in [1.54, 1.807) is 12.1 Å². The quantitative estimate of drug-likeness (QED) is 0.632. The highest BCUT2D eigenvalue weighted by atomic mass is 35.5. The third-order valence-electron chi connectivity index (χ3n) is 4.01. The fourth-order valence-electron chi connectivity index (χ4n) is 2.75. The van der Waals surface area contributed by atoms with Gasteiger partial charge in [0.2, 0.25) is 6.79 Å². The van der Waals surface area contributed by atoms with Crippen LogP contribution in [-0.2, 0) is 11.3 Å². The van der Waals surface area contributed by atoms with Crippen LogP contribution in [0, 0.1) is 0 Å². The van der Waals surface area contributed by atoms with Gasteiger partial charge >= 0.3 is 0 Å². The van der Waals surface area contributed by atoms with Crippen LogP contribution < -0.4 is 14.3 Å². The van der Waals surface area contributed by atoms with Crippen molar-refractivity contribution < 1.29 is 14.3 Å². The van der Waals surface area contributed by atoms with Crippen molar-refractivity contribution in [2.75, 3.05) is 6.79 Å². The number of aromatic nitrogens is 1. The van der Waals surface area contributed by atoms with Gasteiger partial charge in [0.15, 0.2) is 16.3 Å². The van der Waals surface area contributed by atoms with Gasteiger partial charge in [-0.2, -0.15) is 4.99 Å². The van der Waals surface area contributed by atoms with Crippen LogP contribution in [0.15, 0.2) is 47.5 Å². The van der Waals surface area contributed by atoms with Crippen LogP contribution in [-0.4, -0.2) is 17.3 Å². The molecule has 26 heavy (non-hydrogen) atoms. The van der Waals surface area contributed by atoms with E-state index in [9.17, 15) is 4.79 Å². The topological polar surface area (TPSA) is 52.8 Å². The molecule has 2 heterocycles. The first kappa shape index (κ1) is 16.9. The van der Waals surface area contributed by atoms with Crippen LogP contribution in [0.5, 0.6) is 11.5 Å². The maximum Gasteiger partial charge on any atom is 0.272 e. The highest BCUT2D eigenvalue weighted by Gasteiger charge is 2.17. The van der Waals surface area contributed by atoms with Crippen LogP contribution in [0.25, 0.3) is 16.3 Å². The summed E-state index contributed by atoms with van der Waals surface area (Å²) in [6.45, 7) is 2.95. The predicted molar refractivity (Wildman–Crippen MR) is 103 cm³/mol. The van der Waals surface area contributed by atoms with Crippen molar-refractivity contribution in [2.45, 2.75) is 13.5 Å². The lowest BCUT2D eigenvalue weighted by atomic mass is 10.2. The van der Waals surface area contributed by atoms with Crippen LogP contribution in [0.1, 0.15) is 12.5 Å². The Hall–Kier alpha value is -2.57. The number of halogens is 1. The number of fused-ring (bicyclic) bond motifs is 2. The molecule has 0 spiro atoms. The second-order valence-electron chi connectivity index (χ2n) is 5.61. The van der Waals surface area contributed by atoms with Gasteiger partial charge in [0.1, 0.15) is 0 Å². The van der Waals surface area contributed by atoms with Gasteiger partial charge in [0.25, 0.3) is 5.91 Å². The summed E-state index contributed by atoms with van der Waals surface area (Å²) in [6, 6.07) is 11.2. The van der Waals surface area contributed by atoms with E-state index in [0.717, 1.165) is 21.5 Å². The van der Waals surface area contributed by atoms with Gasteiger partial charge in [-0.25, -0.2) is 0 Å². The number of rotatable bonds is 3. The zero-order chi connectivity index (χ0) is 18.1. The Bertz CT molecular complexity index is 1100. The first-order valence-electron chi connectivity index (χ1n) is 8.10. The van der Waals surface area contributed by atoms with Gasteiger partial charge in [0, 0.05) is 29.8 Å². The monoisotopic (exact) mass is 386 g/mol. The van der Waals surface area contributed by atoms with Crippen molar-refractivity contribution in [3.63, 3.8) is 0 Å². The van der Waals surface area contributed by atoms with E-state index in [0.29, 0.717) is 22.1 Å². The number of hydrogen-bond acceptors (Lipinski definition) is 4.